The first kappa shape index (κ1) is 12.3. The Balaban J connectivity index is 2.06. The second-order valence-corrected chi connectivity index (χ2v) is 4.44. The largest absolute Gasteiger partial charge is 0.480 e. The summed E-state index contributed by atoms with van der Waals surface area (Å²) in [6, 6.07) is -0.781. The molecule has 3 atom stereocenters. The van der Waals surface area contributed by atoms with E-state index in [0.29, 0.717) is 26.0 Å². The van der Waals surface area contributed by atoms with Crippen LogP contribution in [0.1, 0.15) is 19.3 Å². The van der Waals surface area contributed by atoms with Gasteiger partial charge in [-0.1, -0.05) is 0 Å². The number of rotatable bonds is 3. The average Bonchev–Trinajstić information content (AvgIpc) is 2.97. The van der Waals surface area contributed by atoms with E-state index in [-0.39, 0.29) is 12.0 Å². The lowest BCUT2D eigenvalue weighted by Crippen LogP contribution is -2.45. The molecule has 0 spiro atoms. The number of aliphatic carboxylic acids is 1. The molecule has 0 bridgehead atoms. The molecule has 0 aromatic carbocycles. The van der Waals surface area contributed by atoms with E-state index >= 15 is 0 Å². The predicted molar refractivity (Wildman–Crippen MR) is 57.5 cm³/mol. The van der Waals surface area contributed by atoms with Crippen molar-refractivity contribution < 1.29 is 24.2 Å². The molecule has 96 valence electrons. The van der Waals surface area contributed by atoms with Gasteiger partial charge in [0.25, 0.3) is 5.91 Å². The van der Waals surface area contributed by atoms with E-state index in [1.54, 1.807) is 0 Å². The summed E-state index contributed by atoms with van der Waals surface area (Å²) in [6.45, 7) is 0.919. The minimum absolute atomic E-state index is 0.193. The molecule has 17 heavy (non-hydrogen) atoms. The van der Waals surface area contributed by atoms with E-state index < -0.39 is 18.1 Å². The number of carboxylic acids is 1. The van der Waals surface area contributed by atoms with Crippen LogP contribution in [0.5, 0.6) is 0 Å². The molecular weight excluding hydrogens is 226 g/mol. The van der Waals surface area contributed by atoms with Crippen molar-refractivity contribution in [3.63, 3.8) is 0 Å². The Morgan fingerprint density at radius 3 is 2.76 bits per heavy atom. The Morgan fingerprint density at radius 2 is 2.24 bits per heavy atom. The predicted octanol–water partition coefficient (Wildman–Crippen LogP) is -0.134. The van der Waals surface area contributed by atoms with Crippen molar-refractivity contribution in [1.82, 2.24) is 4.90 Å². The summed E-state index contributed by atoms with van der Waals surface area (Å²) in [5.41, 5.74) is 0. The summed E-state index contributed by atoms with van der Waals surface area (Å²) in [4.78, 5) is 24.6. The van der Waals surface area contributed by atoms with E-state index in [0.717, 1.165) is 6.42 Å². The molecule has 6 nitrogen and oxygen atoms in total. The van der Waals surface area contributed by atoms with Gasteiger partial charge in [-0.25, -0.2) is 4.79 Å². The maximum Gasteiger partial charge on any atom is 0.326 e. The van der Waals surface area contributed by atoms with Gasteiger partial charge in [0.1, 0.15) is 12.1 Å². The first-order chi connectivity index (χ1) is 8.13. The highest BCUT2D eigenvalue weighted by molar-refractivity contribution is 5.87. The lowest BCUT2D eigenvalue weighted by Gasteiger charge is -2.23. The van der Waals surface area contributed by atoms with Gasteiger partial charge in [-0.3, -0.25) is 4.79 Å². The fourth-order valence-electron chi connectivity index (χ4n) is 2.40. The molecule has 0 radical (unpaired) electrons. The maximum atomic E-state index is 12.1. The number of likely N-dealkylation sites (tertiary alicyclic amines) is 1. The van der Waals surface area contributed by atoms with Crippen molar-refractivity contribution in [3.8, 4) is 0 Å². The second kappa shape index (κ2) is 5.01. The van der Waals surface area contributed by atoms with Crippen molar-refractivity contribution in [2.24, 2.45) is 0 Å². The van der Waals surface area contributed by atoms with E-state index in [2.05, 4.69) is 0 Å². The molecule has 1 N–H and O–H groups in total. The highest BCUT2D eigenvalue weighted by atomic mass is 16.5. The SMILES string of the molecule is COC1CC(C(=O)O)N(C(=O)[C@H]2CCCO2)C1. The monoisotopic (exact) mass is 243 g/mol. The molecule has 0 aromatic heterocycles. The van der Waals surface area contributed by atoms with Crippen LogP contribution in [0, 0.1) is 0 Å². The Hall–Kier alpha value is -1.14. The van der Waals surface area contributed by atoms with Crippen LogP contribution >= 0.6 is 0 Å². The lowest BCUT2D eigenvalue weighted by atomic mass is 10.2. The van der Waals surface area contributed by atoms with Crippen LogP contribution in [0.15, 0.2) is 0 Å². The van der Waals surface area contributed by atoms with Gasteiger partial charge in [0, 0.05) is 26.7 Å². The Bertz CT molecular complexity index is 313. The van der Waals surface area contributed by atoms with Gasteiger partial charge in [-0.05, 0) is 12.8 Å². The summed E-state index contributed by atoms with van der Waals surface area (Å²) in [5.74, 6) is -1.19. The van der Waals surface area contributed by atoms with Gasteiger partial charge >= 0.3 is 5.97 Å². The maximum absolute atomic E-state index is 12.1. The van der Waals surface area contributed by atoms with Crippen molar-refractivity contribution >= 4 is 11.9 Å². The first-order valence-electron chi connectivity index (χ1n) is 5.81. The van der Waals surface area contributed by atoms with Crippen LogP contribution in [0.2, 0.25) is 0 Å². The van der Waals surface area contributed by atoms with Crippen molar-refractivity contribution in [2.45, 2.75) is 37.5 Å². The van der Waals surface area contributed by atoms with Crippen LogP contribution in [0.4, 0.5) is 0 Å². The normalized spacial score (nSPS) is 33.0. The zero-order valence-corrected chi connectivity index (χ0v) is 9.80. The number of hydrogen-bond donors (Lipinski definition) is 1. The highest BCUT2D eigenvalue weighted by Gasteiger charge is 2.42. The number of amides is 1. The van der Waals surface area contributed by atoms with Gasteiger partial charge in [0.2, 0.25) is 0 Å². The zero-order chi connectivity index (χ0) is 12.4. The van der Waals surface area contributed by atoms with Gasteiger partial charge < -0.3 is 19.5 Å². The molecule has 2 aliphatic rings. The third-order valence-electron chi connectivity index (χ3n) is 3.37. The quantitative estimate of drug-likeness (QED) is 0.747. The molecule has 2 heterocycles. The van der Waals surface area contributed by atoms with Crippen molar-refractivity contribution in [1.29, 1.82) is 0 Å². The van der Waals surface area contributed by atoms with Crippen LogP contribution in [0.3, 0.4) is 0 Å². The van der Waals surface area contributed by atoms with Gasteiger partial charge in [0.05, 0.1) is 6.10 Å². The number of hydrogen-bond acceptors (Lipinski definition) is 4. The Morgan fingerprint density at radius 1 is 1.47 bits per heavy atom. The smallest absolute Gasteiger partial charge is 0.326 e. The molecule has 1 amide bonds. The molecule has 0 saturated carbocycles. The lowest BCUT2D eigenvalue weighted by molar-refractivity contribution is -0.152. The Kier molecular flexibility index (Phi) is 3.63. The van der Waals surface area contributed by atoms with Crippen LogP contribution < -0.4 is 0 Å². The van der Waals surface area contributed by atoms with Crippen molar-refractivity contribution in [3.05, 3.63) is 0 Å². The van der Waals surface area contributed by atoms with Crippen LogP contribution in [-0.2, 0) is 19.1 Å². The van der Waals surface area contributed by atoms with E-state index in [4.69, 9.17) is 14.6 Å². The number of carbonyl (C=O) groups is 2. The number of nitrogens with zero attached hydrogens (tertiary/aromatic N) is 1. The van der Waals surface area contributed by atoms with E-state index in [9.17, 15) is 9.59 Å². The molecule has 2 fully saturated rings. The summed E-state index contributed by atoms with van der Waals surface area (Å²) in [5, 5.41) is 9.10. The molecule has 2 rings (SSSR count). The minimum Gasteiger partial charge on any atom is -0.480 e. The van der Waals surface area contributed by atoms with E-state index in [1.165, 1.54) is 12.0 Å². The third-order valence-corrected chi connectivity index (χ3v) is 3.37. The molecule has 0 aliphatic carbocycles. The molecule has 2 unspecified atom stereocenters. The summed E-state index contributed by atoms with van der Waals surface area (Å²) >= 11 is 0. The van der Waals surface area contributed by atoms with Crippen LogP contribution in [-0.4, -0.2) is 60.4 Å². The minimum atomic E-state index is -0.976. The van der Waals surface area contributed by atoms with E-state index in [1.807, 2.05) is 0 Å². The molecule has 6 heteroatoms. The number of carboxylic acid groups (broad SMARTS) is 1. The highest BCUT2D eigenvalue weighted by Crippen LogP contribution is 2.24. The second-order valence-electron chi connectivity index (χ2n) is 4.44. The van der Waals surface area contributed by atoms with Crippen LogP contribution in [0.25, 0.3) is 0 Å². The standard InChI is InChI=1S/C11H17NO5/c1-16-7-5-8(11(14)15)12(6-7)10(13)9-3-2-4-17-9/h7-9H,2-6H2,1H3,(H,14,15)/t7?,8?,9-/m1/s1. The van der Waals surface area contributed by atoms with Crippen molar-refractivity contribution in [2.75, 3.05) is 20.3 Å². The van der Waals surface area contributed by atoms with Gasteiger partial charge in [0.15, 0.2) is 0 Å². The first-order valence-corrected chi connectivity index (χ1v) is 5.81. The fourth-order valence-corrected chi connectivity index (χ4v) is 2.40. The summed E-state index contributed by atoms with van der Waals surface area (Å²) in [7, 11) is 1.53. The van der Waals surface area contributed by atoms with Gasteiger partial charge in [-0.15, -0.1) is 0 Å². The summed E-state index contributed by atoms with van der Waals surface area (Å²) in [6.07, 6.45) is 1.23. The Labute approximate surface area is 99.5 Å². The molecular formula is C11H17NO5. The topological polar surface area (TPSA) is 76.1 Å². The molecule has 2 aliphatic heterocycles. The number of methoxy groups -OCH3 is 1. The number of carbonyl (C=O) groups excluding carboxylic acids is 1. The fraction of sp³-hybridized carbons (Fsp3) is 0.818. The third kappa shape index (κ3) is 2.42. The van der Waals surface area contributed by atoms with Gasteiger partial charge in [-0.2, -0.15) is 0 Å². The molecule has 0 aromatic rings. The average molecular weight is 243 g/mol. The molecule has 2 saturated heterocycles. The summed E-state index contributed by atoms with van der Waals surface area (Å²) < 4.78 is 10.4. The number of ether oxygens (including phenoxy) is 2. The zero-order valence-electron chi connectivity index (χ0n) is 9.80.